The van der Waals surface area contributed by atoms with E-state index in [0.717, 1.165) is 5.56 Å². The fourth-order valence-electron chi connectivity index (χ4n) is 6.05. The molecule has 6 rings (SSSR count). The highest BCUT2D eigenvalue weighted by Crippen LogP contribution is 2.50. The number of ether oxygens (including phenoxy) is 1. The van der Waals surface area contributed by atoms with Crippen LogP contribution >= 0.6 is 11.3 Å². The van der Waals surface area contributed by atoms with Gasteiger partial charge in [0.25, 0.3) is 5.91 Å². The molecule has 2 heterocycles. The van der Waals surface area contributed by atoms with E-state index in [1.807, 2.05) is 43.3 Å². The third kappa shape index (κ3) is 4.35. The van der Waals surface area contributed by atoms with E-state index in [2.05, 4.69) is 11.9 Å². The molecule has 3 aromatic carbocycles. The van der Waals surface area contributed by atoms with Gasteiger partial charge in [-0.3, -0.25) is 14.4 Å². The Morgan fingerprint density at radius 3 is 2.57 bits per heavy atom. The highest BCUT2D eigenvalue weighted by atomic mass is 32.1. The lowest BCUT2D eigenvalue weighted by atomic mass is 9.69. The van der Waals surface area contributed by atoms with Crippen LogP contribution in [-0.4, -0.2) is 41.6 Å². The third-order valence-electron chi connectivity index (χ3n) is 8.12. The van der Waals surface area contributed by atoms with Gasteiger partial charge in [-0.05, 0) is 66.4 Å². The van der Waals surface area contributed by atoms with Crippen molar-refractivity contribution >= 4 is 44.7 Å². The quantitative estimate of drug-likeness (QED) is 0.199. The molecule has 1 aliphatic carbocycles. The van der Waals surface area contributed by atoms with E-state index in [4.69, 9.17) is 21.9 Å². The summed E-state index contributed by atoms with van der Waals surface area (Å²) >= 11 is 1.23. The molecule has 10 heteroatoms. The van der Waals surface area contributed by atoms with E-state index in [1.54, 1.807) is 29.2 Å². The molecule has 1 aliphatic heterocycles. The zero-order chi connectivity index (χ0) is 29.8. The van der Waals surface area contributed by atoms with Crippen molar-refractivity contribution in [3.8, 4) is 11.5 Å². The number of anilines is 1. The van der Waals surface area contributed by atoms with Crippen LogP contribution in [0.5, 0.6) is 11.5 Å². The van der Waals surface area contributed by atoms with Crippen molar-refractivity contribution in [2.24, 2.45) is 11.5 Å². The molecule has 3 atom stereocenters. The van der Waals surface area contributed by atoms with E-state index in [1.165, 1.54) is 17.4 Å². The summed E-state index contributed by atoms with van der Waals surface area (Å²) in [6.45, 7) is 6.16. The Bertz CT molecular complexity index is 1770. The summed E-state index contributed by atoms with van der Waals surface area (Å²) in [5, 5.41) is 3.50. The third-order valence-corrected chi connectivity index (χ3v) is 9.36. The van der Waals surface area contributed by atoms with Gasteiger partial charge in [-0.15, -0.1) is 11.3 Å². The topological polar surface area (TPSA) is 154 Å². The van der Waals surface area contributed by atoms with Crippen molar-refractivity contribution in [2.75, 3.05) is 18.8 Å². The fourth-order valence-corrected chi connectivity index (χ4v) is 7.32. The van der Waals surface area contributed by atoms with E-state index in [9.17, 15) is 14.4 Å². The number of carbonyl (C=O) groups is 3. The lowest BCUT2D eigenvalue weighted by molar-refractivity contribution is -0.124. The number of rotatable bonds is 6. The summed E-state index contributed by atoms with van der Waals surface area (Å²) < 4.78 is 6.66. The van der Waals surface area contributed by atoms with Gasteiger partial charge >= 0.3 is 0 Å². The van der Waals surface area contributed by atoms with Gasteiger partial charge < -0.3 is 32.2 Å². The van der Waals surface area contributed by atoms with Gasteiger partial charge in [0.1, 0.15) is 17.0 Å². The van der Waals surface area contributed by atoms with Crippen LogP contribution in [-0.2, 0) is 15.1 Å². The van der Waals surface area contributed by atoms with Crippen molar-refractivity contribution in [3.05, 3.63) is 100 Å². The predicted molar refractivity (Wildman–Crippen MR) is 163 cm³/mol. The number of hydrogen-bond donors (Lipinski definition) is 4. The smallest absolute Gasteiger partial charge is 0.264 e. The molecule has 0 radical (unpaired) electrons. The Morgan fingerprint density at radius 1 is 1.12 bits per heavy atom. The summed E-state index contributed by atoms with van der Waals surface area (Å²) in [4.78, 5) is 41.8. The van der Waals surface area contributed by atoms with Gasteiger partial charge in [0.15, 0.2) is 5.78 Å². The molecule has 0 unspecified atom stereocenters. The van der Waals surface area contributed by atoms with Crippen LogP contribution in [0.1, 0.15) is 44.4 Å². The van der Waals surface area contributed by atoms with Crippen molar-refractivity contribution in [1.82, 2.24) is 10.2 Å². The SMILES string of the molecule is C=CC(=O)N[C@H]1CCN(C(=O)c2sc3c(N)ccc4c3c2[C@H](N)C(=O)[C@]4(N)c2ccc(Oc3ccccc3)cc2C)C1. The number of nitrogens with zero attached hydrogens (tertiary/aromatic N) is 1. The number of benzene rings is 3. The Labute approximate surface area is 246 Å². The number of ketones is 1. The van der Waals surface area contributed by atoms with Crippen LogP contribution in [0, 0.1) is 6.92 Å². The molecule has 42 heavy (non-hydrogen) atoms. The molecule has 0 bridgehead atoms. The molecule has 9 nitrogen and oxygen atoms in total. The number of thiophene rings is 1. The van der Waals surface area contributed by atoms with Gasteiger partial charge in [-0.2, -0.15) is 0 Å². The lowest BCUT2D eigenvalue weighted by Crippen LogP contribution is -2.53. The molecule has 214 valence electrons. The minimum atomic E-state index is -1.57. The van der Waals surface area contributed by atoms with E-state index in [0.29, 0.717) is 68.4 Å². The standard InChI is InChI=1S/C32H31N5O4S/c1-3-24(38)36-18-13-14-37(16-18)31(40)29-26-25-22(11-12-23(33)28(25)42-29)32(35,30(39)27(26)34)21-10-9-20(15-17(21)2)41-19-7-5-4-6-8-19/h3-12,15,18,27H,1,13-14,16,33-35H2,2H3,(H,36,38)/t18-,27-,32-/m0/s1. The average molecular weight is 582 g/mol. The van der Waals surface area contributed by atoms with Gasteiger partial charge in [-0.25, -0.2) is 0 Å². The predicted octanol–water partition coefficient (Wildman–Crippen LogP) is 3.89. The Kier molecular flexibility index (Phi) is 6.84. The average Bonchev–Trinajstić information content (AvgIpc) is 3.62. The van der Waals surface area contributed by atoms with Crippen LogP contribution in [0.4, 0.5) is 5.69 Å². The maximum atomic E-state index is 14.2. The minimum absolute atomic E-state index is 0.186. The van der Waals surface area contributed by atoms with Gasteiger partial charge in [0, 0.05) is 35.8 Å². The maximum Gasteiger partial charge on any atom is 0.264 e. The highest BCUT2D eigenvalue weighted by Gasteiger charge is 2.49. The molecule has 4 aromatic rings. The summed E-state index contributed by atoms with van der Waals surface area (Å²) in [5.74, 6) is 0.351. The number of nitrogen functional groups attached to an aromatic ring is 1. The molecule has 1 aromatic heterocycles. The first-order valence-electron chi connectivity index (χ1n) is 13.6. The van der Waals surface area contributed by atoms with Crippen LogP contribution in [0.25, 0.3) is 10.1 Å². The highest BCUT2D eigenvalue weighted by molar-refractivity contribution is 7.21. The normalized spacial score (nSPS) is 21.4. The number of hydrogen-bond acceptors (Lipinski definition) is 8. The first-order valence-corrected chi connectivity index (χ1v) is 14.5. The van der Waals surface area contributed by atoms with E-state index in [-0.39, 0.29) is 17.9 Å². The molecule has 2 aliphatic rings. The Hall–Kier alpha value is -4.51. The molecule has 1 saturated heterocycles. The van der Waals surface area contributed by atoms with Crippen molar-refractivity contribution in [1.29, 1.82) is 0 Å². The summed E-state index contributed by atoms with van der Waals surface area (Å²) in [5.41, 5.74) is 21.4. The second kappa shape index (κ2) is 10.4. The molecular weight excluding hydrogens is 550 g/mol. The Morgan fingerprint density at radius 2 is 1.86 bits per heavy atom. The van der Waals surface area contributed by atoms with Crippen molar-refractivity contribution < 1.29 is 19.1 Å². The van der Waals surface area contributed by atoms with Crippen LogP contribution in [0.2, 0.25) is 0 Å². The second-order valence-corrected chi connectivity index (χ2v) is 11.8. The molecule has 0 saturated carbocycles. The van der Waals surface area contributed by atoms with Gasteiger partial charge in [0.05, 0.1) is 15.6 Å². The van der Waals surface area contributed by atoms with Gasteiger partial charge in [0.2, 0.25) is 5.91 Å². The van der Waals surface area contributed by atoms with E-state index >= 15 is 0 Å². The number of Topliss-reactive ketones (excluding diaryl/α,β-unsaturated/α-hetero) is 1. The number of aryl methyl sites for hydroxylation is 1. The number of amides is 2. The fraction of sp³-hybridized carbons (Fsp3) is 0.219. The van der Waals surface area contributed by atoms with Crippen LogP contribution in [0.15, 0.2) is 73.3 Å². The lowest BCUT2D eigenvalue weighted by Gasteiger charge is -2.37. The van der Waals surface area contributed by atoms with Crippen molar-refractivity contribution in [2.45, 2.75) is 31.0 Å². The zero-order valence-electron chi connectivity index (χ0n) is 23.1. The second-order valence-electron chi connectivity index (χ2n) is 10.7. The number of likely N-dealkylation sites (tertiary alicyclic amines) is 1. The minimum Gasteiger partial charge on any atom is -0.457 e. The van der Waals surface area contributed by atoms with Gasteiger partial charge in [-0.1, -0.05) is 36.9 Å². The number of carbonyl (C=O) groups excluding carboxylic acids is 3. The van der Waals surface area contributed by atoms with Crippen molar-refractivity contribution in [3.63, 3.8) is 0 Å². The largest absolute Gasteiger partial charge is 0.457 e. The number of para-hydroxylation sites is 1. The van der Waals surface area contributed by atoms with E-state index < -0.39 is 17.4 Å². The molecule has 2 amide bonds. The summed E-state index contributed by atoms with van der Waals surface area (Å²) in [7, 11) is 0. The first kappa shape index (κ1) is 27.6. The Balaban J connectivity index is 1.41. The monoisotopic (exact) mass is 581 g/mol. The summed E-state index contributed by atoms with van der Waals surface area (Å²) in [6.07, 6.45) is 1.82. The molecule has 7 N–H and O–H groups in total. The van der Waals surface area contributed by atoms with Crippen LogP contribution < -0.4 is 27.3 Å². The number of nitrogens with one attached hydrogen (secondary N) is 1. The molecule has 0 spiro atoms. The van der Waals surface area contributed by atoms with Crippen LogP contribution in [0.3, 0.4) is 0 Å². The number of nitrogens with two attached hydrogens (primary N) is 3. The zero-order valence-corrected chi connectivity index (χ0v) is 23.9. The summed E-state index contributed by atoms with van der Waals surface area (Å²) in [6, 6.07) is 17.0. The molecule has 1 fully saturated rings. The first-order chi connectivity index (χ1) is 20.1. The molecular formula is C32H31N5O4S. The maximum absolute atomic E-state index is 14.2.